The number of nitrogens with zero attached hydrogens (tertiary/aromatic N) is 1. The van der Waals surface area contributed by atoms with Gasteiger partial charge in [0.15, 0.2) is 0 Å². The predicted octanol–water partition coefficient (Wildman–Crippen LogP) is 5.37. The van der Waals surface area contributed by atoms with Gasteiger partial charge in [0.25, 0.3) is 0 Å². The molecule has 27 heavy (non-hydrogen) atoms. The van der Waals surface area contributed by atoms with Crippen LogP contribution in [0.25, 0.3) is 29.1 Å². The van der Waals surface area contributed by atoms with Crippen LogP contribution in [0, 0.1) is 0 Å². The van der Waals surface area contributed by atoms with E-state index in [9.17, 15) is 0 Å². The lowest BCUT2D eigenvalue weighted by Gasteiger charge is -2.20. The smallest absolute Gasteiger partial charge is 0.217 e. The van der Waals surface area contributed by atoms with Gasteiger partial charge < -0.3 is 8.99 Å². The lowest BCUT2D eigenvalue weighted by Crippen LogP contribution is -2.43. The van der Waals surface area contributed by atoms with Crippen LogP contribution in [0.5, 0.6) is 0 Å². The Hall–Kier alpha value is -2.36. The summed E-state index contributed by atoms with van der Waals surface area (Å²) >= 11 is 0. The van der Waals surface area contributed by atoms with Crippen LogP contribution in [0.4, 0.5) is 0 Å². The Bertz CT molecular complexity index is 1040. The summed E-state index contributed by atoms with van der Waals surface area (Å²) in [6.07, 6.45) is 11.2. The number of rotatable bonds is 4. The molecule has 0 aliphatic heterocycles. The molecule has 0 spiro atoms. The summed E-state index contributed by atoms with van der Waals surface area (Å²) in [6.45, 7) is 4.45. The fourth-order valence-electron chi connectivity index (χ4n) is 3.86. The van der Waals surface area contributed by atoms with E-state index in [1.165, 1.54) is 38.5 Å². The van der Waals surface area contributed by atoms with Crippen LogP contribution in [0.3, 0.4) is 0 Å². The fraction of sp³-hybridized carbons (Fsp3) is 0.250. The molecule has 0 saturated carbocycles. The molecule has 0 fully saturated rings. The highest BCUT2D eigenvalue weighted by atomic mass is 28.4. The van der Waals surface area contributed by atoms with Crippen LogP contribution in [0.2, 0.25) is 13.1 Å². The third-order valence-corrected chi connectivity index (χ3v) is 8.54. The highest BCUT2D eigenvalue weighted by Crippen LogP contribution is 2.31. The van der Waals surface area contributed by atoms with E-state index in [1.807, 2.05) is 7.11 Å². The van der Waals surface area contributed by atoms with Crippen molar-refractivity contribution in [2.45, 2.75) is 25.9 Å². The Labute approximate surface area is 162 Å². The minimum absolute atomic E-state index is 1.14. The van der Waals surface area contributed by atoms with Gasteiger partial charge in [-0.15, -0.1) is 0 Å². The molecule has 3 aromatic rings. The number of fused-ring (bicyclic) bond motifs is 3. The van der Waals surface area contributed by atoms with E-state index < -0.39 is 8.32 Å². The van der Waals surface area contributed by atoms with E-state index in [1.54, 1.807) is 0 Å². The number of hydrogen-bond donors (Lipinski definition) is 0. The van der Waals surface area contributed by atoms with Gasteiger partial charge in [-0.3, -0.25) is 0 Å². The lowest BCUT2D eigenvalue weighted by atomic mass is 10.0. The van der Waals surface area contributed by atoms with Crippen molar-refractivity contribution in [1.29, 1.82) is 0 Å². The van der Waals surface area contributed by atoms with Gasteiger partial charge in [-0.2, -0.15) is 0 Å². The van der Waals surface area contributed by atoms with Crippen LogP contribution in [0.1, 0.15) is 28.8 Å². The van der Waals surface area contributed by atoms with E-state index in [4.69, 9.17) is 4.43 Å². The van der Waals surface area contributed by atoms with E-state index in [-0.39, 0.29) is 0 Å². The van der Waals surface area contributed by atoms with Crippen molar-refractivity contribution >= 4 is 42.6 Å². The van der Waals surface area contributed by atoms with Gasteiger partial charge in [0, 0.05) is 30.8 Å². The predicted molar refractivity (Wildman–Crippen MR) is 120 cm³/mol. The third-order valence-electron chi connectivity index (χ3n) is 5.80. The van der Waals surface area contributed by atoms with Gasteiger partial charge in [0.2, 0.25) is 8.32 Å². The Morgan fingerprint density at radius 3 is 2.44 bits per heavy atom. The number of allylic oxidation sites excluding steroid dienone is 1. The minimum Gasteiger partial charge on any atom is -0.416 e. The van der Waals surface area contributed by atoms with Crippen LogP contribution in [0.15, 0.2) is 48.5 Å². The SMILES string of the molecule is CO[Si](C)(C)c1ccc(/C=C/c2ccc3c4c(n(C)c3c2)C=CCC4)cc1. The summed E-state index contributed by atoms with van der Waals surface area (Å²) in [6, 6.07) is 15.6. The van der Waals surface area contributed by atoms with Gasteiger partial charge in [0.05, 0.1) is 0 Å². The standard InChI is InChI=1S/C24H27NOSi/c1-25-23-8-6-5-7-21(23)22-16-13-19(17-24(22)25)10-9-18-11-14-20(15-12-18)27(3,4)26-2/h6,8-17H,5,7H2,1-4H3/b10-9+. The highest BCUT2D eigenvalue weighted by molar-refractivity contribution is 6.84. The van der Waals surface area contributed by atoms with Crippen molar-refractivity contribution in [1.82, 2.24) is 4.57 Å². The Morgan fingerprint density at radius 2 is 1.70 bits per heavy atom. The molecule has 0 unspecified atom stereocenters. The molecule has 0 atom stereocenters. The summed E-state index contributed by atoms with van der Waals surface area (Å²) in [5.41, 5.74) is 6.62. The first-order chi connectivity index (χ1) is 13.0. The molecular formula is C24H27NOSi. The second-order valence-corrected chi connectivity index (χ2v) is 11.8. The zero-order valence-electron chi connectivity index (χ0n) is 16.6. The largest absolute Gasteiger partial charge is 0.416 e. The maximum absolute atomic E-state index is 5.69. The normalized spacial score (nSPS) is 14.2. The maximum Gasteiger partial charge on any atom is 0.217 e. The maximum atomic E-state index is 5.69. The quantitative estimate of drug-likeness (QED) is 0.443. The van der Waals surface area contributed by atoms with Crippen LogP contribution in [-0.2, 0) is 17.9 Å². The zero-order chi connectivity index (χ0) is 19.0. The Balaban J connectivity index is 1.62. The summed E-state index contributed by atoms with van der Waals surface area (Å²) in [5, 5.41) is 2.72. The van der Waals surface area contributed by atoms with Crippen molar-refractivity contribution in [2.75, 3.05) is 7.11 Å². The second kappa shape index (κ2) is 6.99. The van der Waals surface area contributed by atoms with E-state index in [2.05, 4.69) is 91.5 Å². The molecule has 0 saturated heterocycles. The minimum atomic E-state index is -1.74. The van der Waals surface area contributed by atoms with Crippen molar-refractivity contribution in [3.8, 4) is 0 Å². The number of aromatic nitrogens is 1. The van der Waals surface area contributed by atoms with E-state index in [0.717, 1.165) is 12.8 Å². The lowest BCUT2D eigenvalue weighted by molar-refractivity contribution is 0.416. The first kappa shape index (κ1) is 18.0. The van der Waals surface area contributed by atoms with Gasteiger partial charge in [0.1, 0.15) is 0 Å². The Morgan fingerprint density at radius 1 is 1.00 bits per heavy atom. The number of hydrogen-bond acceptors (Lipinski definition) is 1. The number of aryl methyl sites for hydroxylation is 2. The molecule has 1 aromatic heterocycles. The average molecular weight is 374 g/mol. The monoisotopic (exact) mass is 373 g/mol. The fourth-order valence-corrected chi connectivity index (χ4v) is 5.06. The molecule has 138 valence electrons. The van der Waals surface area contributed by atoms with Crippen molar-refractivity contribution < 1.29 is 4.43 Å². The molecule has 0 bridgehead atoms. The molecular weight excluding hydrogens is 346 g/mol. The van der Waals surface area contributed by atoms with Crippen molar-refractivity contribution in [3.05, 3.63) is 70.9 Å². The molecule has 0 amide bonds. The van der Waals surface area contributed by atoms with Crippen LogP contribution >= 0.6 is 0 Å². The van der Waals surface area contributed by atoms with Gasteiger partial charge >= 0.3 is 0 Å². The van der Waals surface area contributed by atoms with Crippen molar-refractivity contribution in [2.24, 2.45) is 7.05 Å². The highest BCUT2D eigenvalue weighted by Gasteiger charge is 2.22. The first-order valence-electron chi connectivity index (χ1n) is 9.61. The second-order valence-electron chi connectivity index (χ2n) is 7.81. The van der Waals surface area contributed by atoms with Crippen molar-refractivity contribution in [3.63, 3.8) is 0 Å². The molecule has 0 N–H and O–H groups in total. The Kier molecular flexibility index (Phi) is 4.66. The molecule has 1 aliphatic rings. The van der Waals surface area contributed by atoms with Crippen LogP contribution < -0.4 is 5.19 Å². The van der Waals surface area contributed by atoms with E-state index >= 15 is 0 Å². The van der Waals surface area contributed by atoms with Gasteiger partial charge in [-0.25, -0.2) is 0 Å². The summed E-state index contributed by atoms with van der Waals surface area (Å²) in [4.78, 5) is 0. The zero-order valence-corrected chi connectivity index (χ0v) is 17.6. The molecule has 3 heteroatoms. The molecule has 2 aromatic carbocycles. The topological polar surface area (TPSA) is 14.2 Å². The first-order valence-corrected chi connectivity index (χ1v) is 12.5. The van der Waals surface area contributed by atoms with E-state index in [0.29, 0.717) is 0 Å². The molecule has 4 rings (SSSR count). The summed E-state index contributed by atoms with van der Waals surface area (Å²) in [7, 11) is 2.25. The van der Waals surface area contributed by atoms with Gasteiger partial charge in [-0.1, -0.05) is 54.6 Å². The molecule has 0 radical (unpaired) electrons. The number of benzene rings is 2. The molecule has 1 heterocycles. The average Bonchev–Trinajstić information content (AvgIpc) is 2.99. The summed E-state index contributed by atoms with van der Waals surface area (Å²) < 4.78 is 8.02. The van der Waals surface area contributed by atoms with Crippen LogP contribution in [-0.4, -0.2) is 20.0 Å². The third kappa shape index (κ3) is 3.33. The molecule has 1 aliphatic carbocycles. The summed E-state index contributed by atoms with van der Waals surface area (Å²) in [5.74, 6) is 0. The molecule has 2 nitrogen and oxygen atoms in total. The van der Waals surface area contributed by atoms with Gasteiger partial charge in [-0.05, 0) is 60.0 Å².